The van der Waals surface area contributed by atoms with Crippen LogP contribution in [0.3, 0.4) is 0 Å². The van der Waals surface area contributed by atoms with Gasteiger partial charge in [0.1, 0.15) is 6.10 Å². The first-order valence-corrected chi connectivity index (χ1v) is 21.9. The van der Waals surface area contributed by atoms with Crippen molar-refractivity contribution in [3.05, 3.63) is 48.6 Å². The zero-order valence-corrected chi connectivity index (χ0v) is 34.2. The summed E-state index contributed by atoms with van der Waals surface area (Å²) < 4.78 is 5.87. The Hall–Kier alpha value is -2.18. The molecule has 0 aliphatic heterocycles. The molecule has 0 aromatic carbocycles. The second-order valence-corrected chi connectivity index (χ2v) is 14.7. The van der Waals surface area contributed by atoms with Crippen molar-refractivity contribution in [1.82, 2.24) is 5.32 Å². The molecule has 3 atom stereocenters. The van der Waals surface area contributed by atoms with Crippen molar-refractivity contribution >= 4 is 11.9 Å². The molecule has 0 aromatic heterocycles. The summed E-state index contributed by atoms with van der Waals surface area (Å²) >= 11 is 0. The summed E-state index contributed by atoms with van der Waals surface area (Å²) in [6, 6.07) is -0.707. The molecular formula is C46H83NO5. The van der Waals surface area contributed by atoms with Gasteiger partial charge >= 0.3 is 5.97 Å². The van der Waals surface area contributed by atoms with Crippen LogP contribution in [-0.2, 0) is 14.3 Å². The van der Waals surface area contributed by atoms with Gasteiger partial charge in [-0.25, -0.2) is 0 Å². The minimum atomic E-state index is -0.792. The van der Waals surface area contributed by atoms with Gasteiger partial charge in [-0.15, -0.1) is 0 Å². The fraction of sp³-hybridized carbons (Fsp3) is 0.783. The van der Waals surface area contributed by atoms with Crippen LogP contribution in [0.2, 0.25) is 0 Å². The highest BCUT2D eigenvalue weighted by atomic mass is 16.5. The molecule has 0 saturated carbocycles. The van der Waals surface area contributed by atoms with E-state index in [4.69, 9.17) is 4.74 Å². The van der Waals surface area contributed by atoms with E-state index < -0.39 is 18.2 Å². The van der Waals surface area contributed by atoms with E-state index in [0.29, 0.717) is 19.3 Å². The van der Waals surface area contributed by atoms with Crippen molar-refractivity contribution in [3.63, 3.8) is 0 Å². The number of carbonyl (C=O) groups is 2. The quantitative estimate of drug-likeness (QED) is 0.0334. The molecule has 0 heterocycles. The number of allylic oxidation sites excluding steroid dienone is 8. The van der Waals surface area contributed by atoms with Gasteiger partial charge < -0.3 is 20.3 Å². The predicted octanol–water partition coefficient (Wildman–Crippen LogP) is 12.3. The first kappa shape index (κ1) is 49.8. The number of rotatable bonds is 38. The molecule has 0 rings (SSSR count). The minimum absolute atomic E-state index is 0.0586. The third-order valence-corrected chi connectivity index (χ3v) is 9.62. The molecule has 0 aromatic rings. The highest BCUT2D eigenvalue weighted by molar-refractivity contribution is 5.77. The average Bonchev–Trinajstić information content (AvgIpc) is 3.13. The summed E-state index contributed by atoms with van der Waals surface area (Å²) in [6.45, 7) is 6.26. The standard InChI is InChI=1S/C46H83NO5/c1-4-7-10-13-16-19-21-22-23-24-26-28-31-34-37-42(52-46(51)39-36-33-30-27-20-17-14-11-8-5-2)40-45(50)47-43(41-48)44(49)38-35-32-29-25-18-15-12-9-6-3/h7,10-11,14,16,19,22-23,42-44,48-49H,4-6,8-9,12-13,15,17-18,20-21,24-41H2,1-3H3,(H,47,50)/b10-7+,14-11-,19-16+,23-22+. The maximum Gasteiger partial charge on any atom is 0.306 e. The van der Waals surface area contributed by atoms with E-state index in [2.05, 4.69) is 74.7 Å². The lowest BCUT2D eigenvalue weighted by atomic mass is 10.0. The van der Waals surface area contributed by atoms with Crippen molar-refractivity contribution in [1.29, 1.82) is 0 Å². The number of ether oxygens (including phenoxy) is 1. The fourth-order valence-electron chi connectivity index (χ4n) is 6.33. The lowest BCUT2D eigenvalue weighted by Crippen LogP contribution is -2.46. The van der Waals surface area contributed by atoms with Gasteiger partial charge in [-0.1, -0.05) is 166 Å². The van der Waals surface area contributed by atoms with Gasteiger partial charge in [-0.2, -0.15) is 0 Å². The molecule has 0 fully saturated rings. The van der Waals surface area contributed by atoms with Crippen molar-refractivity contribution in [3.8, 4) is 0 Å². The normalized spacial score (nSPS) is 13.9. The van der Waals surface area contributed by atoms with Crippen molar-refractivity contribution in [2.45, 2.75) is 225 Å². The Morgan fingerprint density at radius 1 is 0.577 bits per heavy atom. The Kier molecular flexibility index (Phi) is 38.3. The average molecular weight is 730 g/mol. The van der Waals surface area contributed by atoms with Crippen LogP contribution in [-0.4, -0.2) is 46.9 Å². The fourth-order valence-corrected chi connectivity index (χ4v) is 6.33. The number of nitrogens with one attached hydrogen (secondary N) is 1. The van der Waals surface area contributed by atoms with Crippen LogP contribution in [0.15, 0.2) is 48.6 Å². The number of carbonyl (C=O) groups excluding carboxylic acids is 2. The lowest BCUT2D eigenvalue weighted by molar-refractivity contribution is -0.151. The number of hydrogen-bond acceptors (Lipinski definition) is 5. The minimum Gasteiger partial charge on any atom is -0.462 e. The highest BCUT2D eigenvalue weighted by Gasteiger charge is 2.24. The summed E-state index contributed by atoms with van der Waals surface area (Å²) in [6.07, 6.45) is 46.0. The molecule has 1 amide bonds. The van der Waals surface area contributed by atoms with Crippen LogP contribution >= 0.6 is 0 Å². The van der Waals surface area contributed by atoms with Crippen LogP contribution in [0.4, 0.5) is 0 Å². The summed E-state index contributed by atoms with van der Waals surface area (Å²) in [5.41, 5.74) is 0. The molecule has 6 heteroatoms. The maximum absolute atomic E-state index is 13.1. The Balaban J connectivity index is 4.67. The highest BCUT2D eigenvalue weighted by Crippen LogP contribution is 2.17. The second kappa shape index (κ2) is 40.0. The third-order valence-electron chi connectivity index (χ3n) is 9.62. The largest absolute Gasteiger partial charge is 0.462 e. The topological polar surface area (TPSA) is 95.9 Å². The van der Waals surface area contributed by atoms with Gasteiger partial charge in [-0.3, -0.25) is 9.59 Å². The number of esters is 1. The summed E-state index contributed by atoms with van der Waals surface area (Å²) in [5.74, 6) is -0.512. The third kappa shape index (κ3) is 34.9. The maximum atomic E-state index is 13.1. The monoisotopic (exact) mass is 730 g/mol. The zero-order valence-electron chi connectivity index (χ0n) is 34.2. The lowest BCUT2D eigenvalue weighted by Gasteiger charge is -2.24. The first-order chi connectivity index (χ1) is 25.5. The molecule has 0 bridgehead atoms. The molecule has 302 valence electrons. The van der Waals surface area contributed by atoms with Crippen molar-refractivity contribution < 1.29 is 24.5 Å². The Morgan fingerprint density at radius 2 is 1.08 bits per heavy atom. The molecule has 52 heavy (non-hydrogen) atoms. The molecular weight excluding hydrogens is 647 g/mol. The van der Waals surface area contributed by atoms with Gasteiger partial charge in [0.05, 0.1) is 25.2 Å². The molecule has 0 spiro atoms. The van der Waals surface area contributed by atoms with Gasteiger partial charge in [0.2, 0.25) is 5.91 Å². The molecule has 0 radical (unpaired) electrons. The van der Waals surface area contributed by atoms with Crippen LogP contribution in [0, 0.1) is 0 Å². The van der Waals surface area contributed by atoms with E-state index in [-0.39, 0.29) is 24.9 Å². The molecule has 0 aliphatic rings. The second-order valence-electron chi connectivity index (χ2n) is 14.7. The van der Waals surface area contributed by atoms with E-state index in [1.807, 2.05) is 0 Å². The van der Waals surface area contributed by atoms with Gasteiger partial charge in [0.25, 0.3) is 0 Å². The predicted molar refractivity (Wildman–Crippen MR) is 222 cm³/mol. The molecule has 6 nitrogen and oxygen atoms in total. The number of hydrogen-bond donors (Lipinski definition) is 3. The van der Waals surface area contributed by atoms with Gasteiger partial charge in [0.15, 0.2) is 0 Å². The summed E-state index contributed by atoms with van der Waals surface area (Å²) in [4.78, 5) is 25.9. The molecule has 0 saturated heterocycles. The molecule has 3 unspecified atom stereocenters. The Labute approximate surface area is 321 Å². The van der Waals surface area contributed by atoms with E-state index in [0.717, 1.165) is 103 Å². The number of aliphatic hydroxyl groups excluding tert-OH is 2. The van der Waals surface area contributed by atoms with E-state index >= 15 is 0 Å². The summed E-state index contributed by atoms with van der Waals surface area (Å²) in [5, 5.41) is 23.5. The van der Waals surface area contributed by atoms with Crippen molar-refractivity contribution in [2.24, 2.45) is 0 Å². The van der Waals surface area contributed by atoms with E-state index in [9.17, 15) is 19.8 Å². The smallest absolute Gasteiger partial charge is 0.306 e. The van der Waals surface area contributed by atoms with Crippen molar-refractivity contribution in [2.75, 3.05) is 6.61 Å². The van der Waals surface area contributed by atoms with Gasteiger partial charge in [-0.05, 0) is 77.0 Å². The zero-order chi connectivity index (χ0) is 38.2. The number of aliphatic hydroxyl groups is 2. The van der Waals surface area contributed by atoms with Crippen LogP contribution in [0.1, 0.15) is 207 Å². The first-order valence-electron chi connectivity index (χ1n) is 21.9. The number of unbranched alkanes of at least 4 members (excludes halogenated alkanes) is 18. The Bertz CT molecular complexity index is 910. The van der Waals surface area contributed by atoms with Crippen LogP contribution < -0.4 is 5.32 Å². The van der Waals surface area contributed by atoms with E-state index in [1.54, 1.807) is 0 Å². The van der Waals surface area contributed by atoms with E-state index in [1.165, 1.54) is 57.8 Å². The number of amides is 1. The Morgan fingerprint density at radius 3 is 1.67 bits per heavy atom. The SMILES string of the molecule is CC/C=C/C/C=C/C/C=C/CCCCCCC(CC(=O)NC(CO)C(O)CCCCCCCCCCC)OC(=O)CCCCCCC/C=C\CCC. The molecule has 0 aliphatic carbocycles. The van der Waals surface area contributed by atoms with Crippen LogP contribution in [0.5, 0.6) is 0 Å². The van der Waals surface area contributed by atoms with Gasteiger partial charge in [0, 0.05) is 6.42 Å². The molecule has 3 N–H and O–H groups in total. The summed E-state index contributed by atoms with van der Waals surface area (Å²) in [7, 11) is 0. The van der Waals surface area contributed by atoms with Crippen LogP contribution in [0.25, 0.3) is 0 Å².